The Morgan fingerprint density at radius 1 is 1.18 bits per heavy atom. The highest BCUT2D eigenvalue weighted by molar-refractivity contribution is 6.08. The first-order valence-electron chi connectivity index (χ1n) is 4.07. The molecular weight excluding hydrogens is 138 g/mol. The average molecular weight is 150 g/mol. The molecule has 0 amide bonds. The Morgan fingerprint density at radius 3 is 2.36 bits per heavy atom. The molecule has 2 heteroatoms. The maximum absolute atomic E-state index is 12.4. The minimum atomic E-state index is -0.148. The molecule has 1 aromatic carbocycles. The molecular formula is C9H12BF. The van der Waals surface area contributed by atoms with E-state index in [-0.39, 0.29) is 5.82 Å². The lowest BCUT2D eigenvalue weighted by Gasteiger charge is -1.97. The molecule has 0 N–H and O–H groups in total. The molecule has 1 rings (SSSR count). The van der Waals surface area contributed by atoms with Crippen LogP contribution in [-0.4, -0.2) is 7.85 Å². The van der Waals surface area contributed by atoms with Crippen LogP contribution in [0.25, 0.3) is 0 Å². The Balaban J connectivity index is 2.52. The summed E-state index contributed by atoms with van der Waals surface area (Å²) < 4.78 is 12.4. The number of benzene rings is 1. The molecule has 0 spiro atoms. The van der Waals surface area contributed by atoms with Crippen LogP contribution in [-0.2, 0) is 6.42 Å². The number of rotatable bonds is 3. The van der Waals surface area contributed by atoms with Crippen molar-refractivity contribution in [3.05, 3.63) is 35.6 Å². The predicted molar refractivity (Wildman–Crippen MR) is 48.1 cm³/mol. The van der Waals surface area contributed by atoms with E-state index in [0.29, 0.717) is 0 Å². The summed E-state index contributed by atoms with van der Waals surface area (Å²) >= 11 is 0. The number of hydrogen-bond donors (Lipinski definition) is 0. The highest BCUT2D eigenvalue weighted by atomic mass is 19.1. The lowest BCUT2D eigenvalue weighted by molar-refractivity contribution is 0.627. The van der Waals surface area contributed by atoms with Crippen LogP contribution in [0.3, 0.4) is 0 Å². The van der Waals surface area contributed by atoms with E-state index in [4.69, 9.17) is 0 Å². The molecule has 0 saturated carbocycles. The van der Waals surface area contributed by atoms with Crippen molar-refractivity contribution >= 4 is 7.85 Å². The number of halogens is 1. The Morgan fingerprint density at radius 2 is 1.82 bits per heavy atom. The summed E-state index contributed by atoms with van der Waals surface area (Å²) in [5.41, 5.74) is 1.23. The molecule has 0 heterocycles. The van der Waals surface area contributed by atoms with Crippen molar-refractivity contribution in [3.63, 3.8) is 0 Å². The fraction of sp³-hybridized carbons (Fsp3) is 0.333. The summed E-state index contributed by atoms with van der Waals surface area (Å²) in [5.74, 6) is -0.148. The Kier molecular flexibility index (Phi) is 3.15. The minimum absolute atomic E-state index is 0.148. The molecule has 0 aliphatic heterocycles. The van der Waals surface area contributed by atoms with Crippen molar-refractivity contribution in [2.24, 2.45) is 0 Å². The van der Waals surface area contributed by atoms with Crippen molar-refractivity contribution in [3.8, 4) is 0 Å². The van der Waals surface area contributed by atoms with Gasteiger partial charge in [-0.3, -0.25) is 0 Å². The van der Waals surface area contributed by atoms with Gasteiger partial charge in [0.2, 0.25) is 0 Å². The van der Waals surface area contributed by atoms with Crippen LogP contribution in [0.2, 0.25) is 6.32 Å². The van der Waals surface area contributed by atoms with Crippen LogP contribution in [0.1, 0.15) is 12.0 Å². The van der Waals surface area contributed by atoms with Gasteiger partial charge in [-0.1, -0.05) is 24.9 Å². The summed E-state index contributed by atoms with van der Waals surface area (Å²) in [7, 11) is 2.16. The molecule has 11 heavy (non-hydrogen) atoms. The first kappa shape index (κ1) is 8.31. The molecule has 0 unspecified atom stereocenters. The molecule has 58 valence electrons. The standard InChI is InChI=1S/C9H12BF/c10-7-1-2-8-3-5-9(11)6-4-8/h3-6H,1-2,7,10H2. The van der Waals surface area contributed by atoms with Gasteiger partial charge in [-0.25, -0.2) is 4.39 Å². The first-order valence-corrected chi connectivity index (χ1v) is 4.07. The Labute approximate surface area is 67.8 Å². The summed E-state index contributed by atoms with van der Waals surface area (Å²) in [5, 5.41) is 0. The summed E-state index contributed by atoms with van der Waals surface area (Å²) in [4.78, 5) is 0. The van der Waals surface area contributed by atoms with E-state index < -0.39 is 0 Å². The van der Waals surface area contributed by atoms with Gasteiger partial charge in [0.15, 0.2) is 0 Å². The quantitative estimate of drug-likeness (QED) is 0.576. The highest BCUT2D eigenvalue weighted by Gasteiger charge is 1.91. The van der Waals surface area contributed by atoms with Gasteiger partial charge in [-0.15, -0.1) is 0 Å². The van der Waals surface area contributed by atoms with Crippen molar-refractivity contribution in [1.29, 1.82) is 0 Å². The summed E-state index contributed by atoms with van der Waals surface area (Å²) in [6, 6.07) is 6.74. The molecule has 0 aliphatic carbocycles. The van der Waals surface area contributed by atoms with Gasteiger partial charge < -0.3 is 0 Å². The van der Waals surface area contributed by atoms with Crippen molar-refractivity contribution in [2.75, 3.05) is 0 Å². The van der Waals surface area contributed by atoms with Crippen molar-refractivity contribution in [2.45, 2.75) is 19.2 Å². The zero-order valence-electron chi connectivity index (χ0n) is 6.81. The van der Waals surface area contributed by atoms with E-state index in [1.807, 2.05) is 12.1 Å². The van der Waals surface area contributed by atoms with E-state index in [0.717, 1.165) is 6.42 Å². The van der Waals surface area contributed by atoms with Crippen molar-refractivity contribution < 1.29 is 4.39 Å². The van der Waals surface area contributed by atoms with Crippen molar-refractivity contribution in [1.82, 2.24) is 0 Å². The van der Waals surface area contributed by atoms with E-state index in [2.05, 4.69) is 7.85 Å². The summed E-state index contributed by atoms with van der Waals surface area (Å²) in [6.07, 6.45) is 3.44. The largest absolute Gasteiger partial charge is 0.207 e. The fourth-order valence-corrected chi connectivity index (χ4v) is 1.03. The number of aryl methyl sites for hydroxylation is 1. The van der Waals surface area contributed by atoms with Gasteiger partial charge >= 0.3 is 0 Å². The molecule has 0 fully saturated rings. The SMILES string of the molecule is BCCCc1ccc(F)cc1. The fourth-order valence-electron chi connectivity index (χ4n) is 1.03. The average Bonchev–Trinajstić information content (AvgIpc) is 2.04. The summed E-state index contributed by atoms with van der Waals surface area (Å²) in [6.45, 7) is 0. The van der Waals surface area contributed by atoms with Crippen LogP contribution in [0.4, 0.5) is 4.39 Å². The first-order chi connectivity index (χ1) is 5.33. The second-order valence-electron chi connectivity index (χ2n) is 2.73. The Hall–Kier alpha value is -0.785. The van der Waals surface area contributed by atoms with Crippen LogP contribution in [0, 0.1) is 5.82 Å². The lowest BCUT2D eigenvalue weighted by Crippen LogP contribution is -1.84. The maximum Gasteiger partial charge on any atom is 0.123 e. The number of hydrogen-bond acceptors (Lipinski definition) is 0. The topological polar surface area (TPSA) is 0 Å². The lowest BCUT2D eigenvalue weighted by atomic mass is 9.98. The van der Waals surface area contributed by atoms with Crippen LogP contribution >= 0.6 is 0 Å². The highest BCUT2D eigenvalue weighted by Crippen LogP contribution is 2.05. The molecule has 1 aromatic rings. The predicted octanol–water partition coefficient (Wildman–Crippen LogP) is 1.81. The molecule has 0 radical (unpaired) electrons. The third-order valence-corrected chi connectivity index (χ3v) is 1.73. The molecule has 0 atom stereocenters. The smallest absolute Gasteiger partial charge is 0.123 e. The second kappa shape index (κ2) is 4.17. The van der Waals surface area contributed by atoms with Gasteiger partial charge in [0.1, 0.15) is 13.7 Å². The van der Waals surface area contributed by atoms with Gasteiger partial charge in [-0.05, 0) is 24.1 Å². The van der Waals surface area contributed by atoms with E-state index in [1.165, 1.54) is 30.4 Å². The molecule has 0 saturated heterocycles. The van der Waals surface area contributed by atoms with E-state index in [1.54, 1.807) is 0 Å². The third kappa shape index (κ3) is 2.75. The van der Waals surface area contributed by atoms with Crippen LogP contribution in [0.15, 0.2) is 24.3 Å². The monoisotopic (exact) mass is 150 g/mol. The maximum atomic E-state index is 12.4. The normalized spacial score (nSPS) is 9.91. The molecule has 0 nitrogen and oxygen atoms in total. The van der Waals surface area contributed by atoms with Gasteiger partial charge in [-0.2, -0.15) is 0 Å². The van der Waals surface area contributed by atoms with E-state index >= 15 is 0 Å². The van der Waals surface area contributed by atoms with Crippen LogP contribution in [0.5, 0.6) is 0 Å². The third-order valence-electron chi connectivity index (χ3n) is 1.73. The second-order valence-corrected chi connectivity index (χ2v) is 2.73. The molecule has 0 aliphatic rings. The minimum Gasteiger partial charge on any atom is -0.207 e. The van der Waals surface area contributed by atoms with Gasteiger partial charge in [0.25, 0.3) is 0 Å². The van der Waals surface area contributed by atoms with Gasteiger partial charge in [0.05, 0.1) is 0 Å². The zero-order chi connectivity index (χ0) is 8.10. The van der Waals surface area contributed by atoms with Crippen LogP contribution < -0.4 is 0 Å². The molecule has 0 aromatic heterocycles. The van der Waals surface area contributed by atoms with Gasteiger partial charge in [0, 0.05) is 0 Å². The zero-order valence-corrected chi connectivity index (χ0v) is 6.81. The Bertz CT molecular complexity index is 205. The molecule has 0 bridgehead atoms. The van der Waals surface area contributed by atoms with E-state index in [9.17, 15) is 4.39 Å².